The van der Waals surface area contributed by atoms with Crippen LogP contribution in [0.15, 0.2) is 35.9 Å². The van der Waals surface area contributed by atoms with Crippen molar-refractivity contribution in [3.05, 3.63) is 52.9 Å². The van der Waals surface area contributed by atoms with Gasteiger partial charge in [0.05, 0.1) is 0 Å². The van der Waals surface area contributed by atoms with Crippen LogP contribution >= 0.6 is 0 Å². The van der Waals surface area contributed by atoms with Gasteiger partial charge in [-0.05, 0) is 55.0 Å². The van der Waals surface area contributed by atoms with Crippen molar-refractivity contribution in [2.24, 2.45) is 11.1 Å². The van der Waals surface area contributed by atoms with E-state index in [0.717, 1.165) is 22.3 Å². The predicted molar refractivity (Wildman–Crippen MR) is 86.0 cm³/mol. The van der Waals surface area contributed by atoms with Crippen molar-refractivity contribution in [3.63, 3.8) is 0 Å². The first-order chi connectivity index (χ1) is 9.16. The summed E-state index contributed by atoms with van der Waals surface area (Å²) in [7, 11) is 0. The van der Waals surface area contributed by atoms with Crippen LogP contribution in [0.2, 0.25) is 0 Å². The third kappa shape index (κ3) is 4.04. The Bertz CT molecular complexity index is 533. The average Bonchev–Trinajstić information content (AvgIpc) is 2.36. The van der Waals surface area contributed by atoms with Gasteiger partial charge in [-0.1, -0.05) is 44.6 Å². The molecule has 0 heterocycles. The fraction of sp³-hybridized carbons (Fsp3) is 0.444. The Morgan fingerprint density at radius 2 is 1.90 bits per heavy atom. The topological polar surface area (TPSA) is 26.0 Å². The third-order valence-electron chi connectivity index (χ3n) is 3.63. The second-order valence-corrected chi connectivity index (χ2v) is 6.44. The standard InChI is InChI=1S/C18H26FN/c1-7-14(10-13(3)17(20)18(4,5)6)16-11-15(19)9-8-12(16)2/h7-11,17H,20H2,1-6H3/b13-10+,14-7+/t17-/m0/s1. The van der Waals surface area contributed by atoms with Crippen molar-refractivity contribution in [3.8, 4) is 0 Å². The van der Waals surface area contributed by atoms with Gasteiger partial charge >= 0.3 is 0 Å². The summed E-state index contributed by atoms with van der Waals surface area (Å²) >= 11 is 0. The monoisotopic (exact) mass is 275 g/mol. The fourth-order valence-corrected chi connectivity index (χ4v) is 2.24. The van der Waals surface area contributed by atoms with Crippen LogP contribution in [0, 0.1) is 18.2 Å². The van der Waals surface area contributed by atoms with Crippen molar-refractivity contribution in [1.29, 1.82) is 0 Å². The first-order valence-electron chi connectivity index (χ1n) is 7.03. The molecule has 20 heavy (non-hydrogen) atoms. The molecule has 0 bridgehead atoms. The SMILES string of the molecule is C/C=C(\C=C(/C)[C@H](N)C(C)(C)C)c1cc(F)ccc1C. The second-order valence-electron chi connectivity index (χ2n) is 6.44. The van der Waals surface area contributed by atoms with Gasteiger partial charge in [0.15, 0.2) is 0 Å². The zero-order valence-corrected chi connectivity index (χ0v) is 13.4. The second kappa shape index (κ2) is 6.36. The molecule has 1 aromatic carbocycles. The lowest BCUT2D eigenvalue weighted by atomic mass is 9.82. The maximum absolute atomic E-state index is 13.5. The van der Waals surface area contributed by atoms with Gasteiger partial charge in [0.2, 0.25) is 0 Å². The zero-order chi connectivity index (χ0) is 15.5. The molecule has 2 N–H and O–H groups in total. The Morgan fingerprint density at radius 3 is 2.40 bits per heavy atom. The first kappa shape index (κ1) is 16.6. The molecule has 1 atom stereocenters. The van der Waals surface area contributed by atoms with Crippen molar-refractivity contribution < 1.29 is 4.39 Å². The Labute approximate surface area is 122 Å². The minimum Gasteiger partial charge on any atom is -0.324 e. The molecule has 0 saturated carbocycles. The van der Waals surface area contributed by atoms with Crippen LogP contribution in [-0.4, -0.2) is 6.04 Å². The van der Waals surface area contributed by atoms with E-state index in [-0.39, 0.29) is 17.3 Å². The van der Waals surface area contributed by atoms with Crippen LogP contribution in [0.4, 0.5) is 4.39 Å². The molecule has 0 fully saturated rings. The largest absolute Gasteiger partial charge is 0.324 e. The molecule has 0 unspecified atom stereocenters. The molecule has 1 nitrogen and oxygen atoms in total. The van der Waals surface area contributed by atoms with Gasteiger partial charge in [-0.15, -0.1) is 0 Å². The molecule has 2 heteroatoms. The number of hydrogen-bond donors (Lipinski definition) is 1. The van der Waals surface area contributed by atoms with Gasteiger partial charge in [0.25, 0.3) is 0 Å². The predicted octanol–water partition coefficient (Wildman–Crippen LogP) is 4.86. The van der Waals surface area contributed by atoms with E-state index < -0.39 is 0 Å². The van der Waals surface area contributed by atoms with E-state index in [1.165, 1.54) is 6.07 Å². The van der Waals surface area contributed by atoms with E-state index in [0.29, 0.717) is 0 Å². The van der Waals surface area contributed by atoms with E-state index >= 15 is 0 Å². The van der Waals surface area contributed by atoms with Crippen LogP contribution in [0.5, 0.6) is 0 Å². The molecule has 0 amide bonds. The number of rotatable bonds is 3. The summed E-state index contributed by atoms with van der Waals surface area (Å²) in [5.74, 6) is -0.212. The molecule has 0 aromatic heterocycles. The van der Waals surface area contributed by atoms with Crippen LogP contribution in [0.3, 0.4) is 0 Å². The summed E-state index contributed by atoms with van der Waals surface area (Å²) in [6.45, 7) is 12.4. The molecule has 0 spiro atoms. The summed E-state index contributed by atoms with van der Waals surface area (Å²) in [5.41, 5.74) is 10.4. The molecule has 110 valence electrons. The molecular weight excluding hydrogens is 249 g/mol. The number of allylic oxidation sites excluding steroid dienone is 3. The van der Waals surface area contributed by atoms with E-state index in [9.17, 15) is 4.39 Å². The van der Waals surface area contributed by atoms with E-state index in [2.05, 4.69) is 26.8 Å². The summed E-state index contributed by atoms with van der Waals surface area (Å²) in [6, 6.07) is 4.85. The smallest absolute Gasteiger partial charge is 0.123 e. The summed E-state index contributed by atoms with van der Waals surface area (Å²) in [5, 5.41) is 0. The molecule has 1 aromatic rings. The quantitative estimate of drug-likeness (QED) is 0.783. The van der Waals surface area contributed by atoms with Crippen molar-refractivity contribution in [2.45, 2.75) is 47.6 Å². The highest BCUT2D eigenvalue weighted by Gasteiger charge is 2.22. The number of benzene rings is 1. The van der Waals surface area contributed by atoms with Crippen LogP contribution < -0.4 is 5.73 Å². The number of halogens is 1. The third-order valence-corrected chi connectivity index (χ3v) is 3.63. The minimum absolute atomic E-state index is 0.0103. The normalized spacial score (nSPS) is 15.4. The van der Waals surface area contributed by atoms with E-state index in [1.807, 2.05) is 26.8 Å². The molecule has 0 aliphatic heterocycles. The highest BCUT2D eigenvalue weighted by Crippen LogP contribution is 2.27. The maximum Gasteiger partial charge on any atom is 0.123 e. The minimum atomic E-state index is -0.212. The van der Waals surface area contributed by atoms with Gasteiger partial charge in [0, 0.05) is 6.04 Å². The number of hydrogen-bond acceptors (Lipinski definition) is 1. The van der Waals surface area contributed by atoms with Gasteiger partial charge in [0.1, 0.15) is 5.82 Å². The summed E-state index contributed by atoms with van der Waals surface area (Å²) in [6.07, 6.45) is 4.07. The van der Waals surface area contributed by atoms with Crippen LogP contribution in [0.25, 0.3) is 5.57 Å². The Hall–Kier alpha value is -1.41. The Balaban J connectivity index is 3.19. The Kier molecular flexibility index (Phi) is 5.29. The van der Waals surface area contributed by atoms with Gasteiger partial charge < -0.3 is 5.73 Å². The maximum atomic E-state index is 13.5. The molecule has 0 aliphatic rings. The van der Waals surface area contributed by atoms with E-state index in [1.54, 1.807) is 12.1 Å². The fourth-order valence-electron chi connectivity index (χ4n) is 2.24. The van der Waals surface area contributed by atoms with Crippen LogP contribution in [-0.2, 0) is 0 Å². The highest BCUT2D eigenvalue weighted by atomic mass is 19.1. The van der Waals surface area contributed by atoms with Crippen LogP contribution in [0.1, 0.15) is 45.7 Å². The lowest BCUT2D eigenvalue weighted by Crippen LogP contribution is -2.36. The first-order valence-corrected chi connectivity index (χ1v) is 7.03. The van der Waals surface area contributed by atoms with E-state index in [4.69, 9.17) is 5.73 Å². The summed E-state index contributed by atoms with van der Waals surface area (Å²) < 4.78 is 13.5. The molecule has 1 rings (SSSR count). The summed E-state index contributed by atoms with van der Waals surface area (Å²) in [4.78, 5) is 0. The van der Waals surface area contributed by atoms with Gasteiger partial charge in [-0.3, -0.25) is 0 Å². The number of aryl methyl sites for hydroxylation is 1. The van der Waals surface area contributed by atoms with Crippen molar-refractivity contribution in [1.82, 2.24) is 0 Å². The number of nitrogens with two attached hydrogens (primary N) is 1. The lowest BCUT2D eigenvalue weighted by molar-refractivity contribution is 0.354. The zero-order valence-electron chi connectivity index (χ0n) is 13.4. The molecular formula is C18H26FN. The molecule has 0 aliphatic carbocycles. The Morgan fingerprint density at radius 1 is 1.30 bits per heavy atom. The molecule has 0 saturated heterocycles. The van der Waals surface area contributed by atoms with Crippen molar-refractivity contribution in [2.75, 3.05) is 0 Å². The molecule has 0 radical (unpaired) electrons. The van der Waals surface area contributed by atoms with Crippen molar-refractivity contribution >= 4 is 5.57 Å². The van der Waals surface area contributed by atoms with Gasteiger partial charge in [-0.2, -0.15) is 0 Å². The highest BCUT2D eigenvalue weighted by molar-refractivity contribution is 5.76. The van der Waals surface area contributed by atoms with Gasteiger partial charge in [-0.25, -0.2) is 4.39 Å². The average molecular weight is 275 g/mol. The lowest BCUT2D eigenvalue weighted by Gasteiger charge is -2.28.